The van der Waals surface area contributed by atoms with Gasteiger partial charge in [0.15, 0.2) is 0 Å². The van der Waals surface area contributed by atoms with Crippen molar-refractivity contribution < 1.29 is 5.11 Å². The lowest BCUT2D eigenvalue weighted by Crippen LogP contribution is -2.25. The second-order valence-corrected chi connectivity index (χ2v) is 7.31. The van der Waals surface area contributed by atoms with Gasteiger partial charge in [0, 0.05) is 18.3 Å². The minimum Gasteiger partial charge on any atom is -0.389 e. The molecule has 0 saturated heterocycles. The number of hydrogen-bond acceptors (Lipinski definition) is 4. The van der Waals surface area contributed by atoms with E-state index in [1.54, 1.807) is 11.3 Å². The Labute approximate surface area is 168 Å². The van der Waals surface area contributed by atoms with Gasteiger partial charge in [0.2, 0.25) is 0 Å². The third-order valence-electron chi connectivity index (χ3n) is 5.16. The molecule has 4 aromatic rings. The Morgan fingerprint density at radius 3 is 2.48 bits per heavy atom. The van der Waals surface area contributed by atoms with Gasteiger partial charge in [0.1, 0.15) is 11.7 Å². The maximum Gasteiger partial charge on any atom is 0.257 e. The van der Waals surface area contributed by atoms with E-state index in [1.807, 2.05) is 60.0 Å². The monoisotopic (exact) mass is 386 g/mol. The van der Waals surface area contributed by atoms with Crippen LogP contribution in [0.1, 0.15) is 16.7 Å². The summed E-state index contributed by atoms with van der Waals surface area (Å²) in [7, 11) is 0. The predicted octanol–water partition coefficient (Wildman–Crippen LogP) is 3.22. The summed E-state index contributed by atoms with van der Waals surface area (Å²) in [6, 6.07) is 19.2. The third-order valence-corrected chi connectivity index (χ3v) is 5.16. The third kappa shape index (κ3) is 3.37. The number of aromatic nitrogens is 2. The fourth-order valence-corrected chi connectivity index (χ4v) is 3.70. The first kappa shape index (κ1) is 18.8. The number of pyridine rings is 1. The van der Waals surface area contributed by atoms with Crippen LogP contribution in [0.4, 0.5) is 5.69 Å². The fraction of sp³-hybridized carbons (Fsp3) is 0.217. The van der Waals surface area contributed by atoms with Crippen LogP contribution >= 0.6 is 0 Å². The maximum absolute atomic E-state index is 12.7. The molecule has 6 heteroatoms. The zero-order chi connectivity index (χ0) is 20.5. The van der Waals surface area contributed by atoms with Crippen LogP contribution in [0.3, 0.4) is 0 Å². The second-order valence-electron chi connectivity index (χ2n) is 7.31. The Kier molecular flexibility index (Phi) is 4.83. The van der Waals surface area contributed by atoms with Gasteiger partial charge in [-0.1, -0.05) is 29.8 Å². The molecule has 0 aliphatic heterocycles. The van der Waals surface area contributed by atoms with Crippen LogP contribution in [-0.4, -0.2) is 26.7 Å². The van der Waals surface area contributed by atoms with Gasteiger partial charge in [-0.05, 0) is 43.7 Å². The molecule has 0 unspecified atom stereocenters. The molecule has 0 aliphatic carbocycles. The smallest absolute Gasteiger partial charge is 0.257 e. The Hall–Kier alpha value is -3.56. The average Bonchev–Trinajstić information content (AvgIpc) is 3.03. The van der Waals surface area contributed by atoms with E-state index in [1.165, 1.54) is 11.6 Å². The van der Waals surface area contributed by atoms with Crippen molar-refractivity contribution in [2.24, 2.45) is 0 Å². The summed E-state index contributed by atoms with van der Waals surface area (Å²) in [4.78, 5) is 12.7. The minimum atomic E-state index is -0.710. The van der Waals surface area contributed by atoms with Crippen molar-refractivity contribution in [1.82, 2.24) is 8.97 Å². The van der Waals surface area contributed by atoms with E-state index in [0.717, 1.165) is 16.7 Å². The topological polar surface area (TPSA) is 82.5 Å². The number of aliphatic hydroxyl groups is 1. The number of hydrogen-bond donors (Lipinski definition) is 2. The summed E-state index contributed by atoms with van der Waals surface area (Å²) in [5.41, 5.74) is 5.05. The number of imidazole rings is 1. The Balaban J connectivity index is 1.75. The number of benzene rings is 2. The zero-order valence-electron chi connectivity index (χ0n) is 16.4. The summed E-state index contributed by atoms with van der Waals surface area (Å²) >= 11 is 0. The number of aryl methyl sites for hydroxylation is 2. The number of nitrogens with one attached hydrogen (secondary N) is 1. The standard InChI is InChI=1S/C23H22N4O2/c1-15-7-9-17(10-8-15)25-13-18(28)14-26-20-5-3-4-6-21(20)27-22(29)11-16(2)19(12-24)23(26)27/h3-11,18,25,28H,13-14H2,1-2H3/t18-/m0/s1. The summed E-state index contributed by atoms with van der Waals surface area (Å²) < 4.78 is 3.42. The lowest BCUT2D eigenvalue weighted by atomic mass is 10.1. The molecule has 0 fully saturated rings. The van der Waals surface area contributed by atoms with E-state index in [-0.39, 0.29) is 12.1 Å². The van der Waals surface area contributed by atoms with Gasteiger partial charge in [0.05, 0.1) is 29.2 Å². The SMILES string of the molecule is Cc1ccc(NC[C@H](O)Cn2c3ccccc3n3c(=O)cc(C)c(C#N)c23)cc1. The molecular formula is C23H22N4O2. The fourth-order valence-electron chi connectivity index (χ4n) is 3.70. The van der Waals surface area contributed by atoms with E-state index in [0.29, 0.717) is 23.3 Å². The molecule has 2 aromatic carbocycles. The van der Waals surface area contributed by atoms with Crippen LogP contribution in [0.25, 0.3) is 16.7 Å². The first-order valence-corrected chi connectivity index (χ1v) is 9.52. The van der Waals surface area contributed by atoms with Crippen LogP contribution in [-0.2, 0) is 6.54 Å². The number of aliphatic hydroxyl groups excluding tert-OH is 1. The maximum atomic E-state index is 12.7. The van der Waals surface area contributed by atoms with Crippen molar-refractivity contribution in [2.75, 3.05) is 11.9 Å². The quantitative estimate of drug-likeness (QED) is 0.552. The molecule has 1 atom stereocenters. The lowest BCUT2D eigenvalue weighted by Gasteiger charge is -2.16. The molecule has 6 nitrogen and oxygen atoms in total. The van der Waals surface area contributed by atoms with Gasteiger partial charge < -0.3 is 15.0 Å². The van der Waals surface area contributed by atoms with Crippen LogP contribution in [0.2, 0.25) is 0 Å². The van der Waals surface area contributed by atoms with Gasteiger partial charge in [-0.15, -0.1) is 0 Å². The van der Waals surface area contributed by atoms with Gasteiger partial charge in [-0.25, -0.2) is 0 Å². The van der Waals surface area contributed by atoms with Crippen molar-refractivity contribution in [1.29, 1.82) is 5.26 Å². The van der Waals surface area contributed by atoms with E-state index in [2.05, 4.69) is 11.4 Å². The van der Waals surface area contributed by atoms with Crippen LogP contribution in [0, 0.1) is 25.2 Å². The molecule has 2 heterocycles. The van der Waals surface area contributed by atoms with Crippen molar-refractivity contribution in [2.45, 2.75) is 26.5 Å². The van der Waals surface area contributed by atoms with Gasteiger partial charge in [0.25, 0.3) is 5.56 Å². The van der Waals surface area contributed by atoms with E-state index in [9.17, 15) is 15.2 Å². The molecule has 2 N–H and O–H groups in total. The average molecular weight is 386 g/mol. The van der Waals surface area contributed by atoms with Crippen molar-refractivity contribution >= 4 is 22.4 Å². The molecule has 0 aliphatic rings. The Morgan fingerprint density at radius 2 is 1.79 bits per heavy atom. The summed E-state index contributed by atoms with van der Waals surface area (Å²) in [5.74, 6) is 0. The molecule has 0 saturated carbocycles. The second kappa shape index (κ2) is 7.46. The largest absolute Gasteiger partial charge is 0.389 e. The number of nitrogens with zero attached hydrogens (tertiary/aromatic N) is 3. The van der Waals surface area contributed by atoms with Crippen molar-refractivity contribution in [3.63, 3.8) is 0 Å². The predicted molar refractivity (Wildman–Crippen MR) is 114 cm³/mol. The molecule has 29 heavy (non-hydrogen) atoms. The Bertz CT molecular complexity index is 1290. The lowest BCUT2D eigenvalue weighted by molar-refractivity contribution is 0.169. The van der Waals surface area contributed by atoms with Gasteiger partial charge >= 0.3 is 0 Å². The van der Waals surface area contributed by atoms with Crippen molar-refractivity contribution in [3.8, 4) is 6.07 Å². The molecule has 0 radical (unpaired) electrons. The molecule has 146 valence electrons. The molecular weight excluding hydrogens is 364 g/mol. The number of para-hydroxylation sites is 2. The number of anilines is 1. The first-order valence-electron chi connectivity index (χ1n) is 9.52. The van der Waals surface area contributed by atoms with Crippen LogP contribution in [0.15, 0.2) is 59.4 Å². The molecule has 0 amide bonds. The highest BCUT2D eigenvalue weighted by Crippen LogP contribution is 2.24. The van der Waals surface area contributed by atoms with Crippen LogP contribution < -0.4 is 10.9 Å². The first-order chi connectivity index (χ1) is 14.0. The van der Waals surface area contributed by atoms with E-state index >= 15 is 0 Å². The summed E-state index contributed by atoms with van der Waals surface area (Å²) in [6.07, 6.45) is -0.710. The van der Waals surface area contributed by atoms with Crippen LogP contribution in [0.5, 0.6) is 0 Å². The number of fused-ring (bicyclic) bond motifs is 3. The van der Waals surface area contributed by atoms with Gasteiger partial charge in [-0.2, -0.15) is 5.26 Å². The highest BCUT2D eigenvalue weighted by Gasteiger charge is 2.19. The summed E-state index contributed by atoms with van der Waals surface area (Å²) in [6.45, 7) is 4.39. The summed E-state index contributed by atoms with van der Waals surface area (Å²) in [5, 5.41) is 23.7. The highest BCUT2D eigenvalue weighted by molar-refractivity contribution is 5.84. The minimum absolute atomic E-state index is 0.182. The molecule has 0 spiro atoms. The van der Waals surface area contributed by atoms with Crippen molar-refractivity contribution in [3.05, 3.63) is 81.6 Å². The normalized spacial score (nSPS) is 12.2. The van der Waals surface area contributed by atoms with Gasteiger partial charge in [-0.3, -0.25) is 9.20 Å². The zero-order valence-corrected chi connectivity index (χ0v) is 16.4. The number of rotatable bonds is 5. The highest BCUT2D eigenvalue weighted by atomic mass is 16.3. The molecule has 2 aromatic heterocycles. The Morgan fingerprint density at radius 1 is 1.10 bits per heavy atom. The van der Waals surface area contributed by atoms with E-state index < -0.39 is 6.10 Å². The van der Waals surface area contributed by atoms with E-state index in [4.69, 9.17) is 0 Å². The number of nitriles is 1. The molecule has 4 rings (SSSR count). The molecule has 0 bridgehead atoms.